The number of sulfone groups is 1. The molecule has 0 saturated carbocycles. The summed E-state index contributed by atoms with van der Waals surface area (Å²) < 4.78 is 24.9. The Kier molecular flexibility index (Phi) is 8.58. The predicted octanol–water partition coefficient (Wildman–Crippen LogP) is 2.46. The molecule has 0 radical (unpaired) electrons. The van der Waals surface area contributed by atoms with E-state index in [0.717, 1.165) is 16.4 Å². The van der Waals surface area contributed by atoms with Crippen molar-refractivity contribution in [3.63, 3.8) is 0 Å². The van der Waals surface area contributed by atoms with E-state index >= 15 is 0 Å². The number of rotatable bonds is 9. The quantitative estimate of drug-likeness (QED) is 0.270. The number of pyridine rings is 1. The summed E-state index contributed by atoms with van der Waals surface area (Å²) in [5.41, 5.74) is 5.99. The van der Waals surface area contributed by atoms with Gasteiger partial charge in [0.05, 0.1) is 23.9 Å². The van der Waals surface area contributed by atoms with Crippen molar-refractivity contribution in [1.29, 1.82) is 0 Å². The Bertz CT molecular complexity index is 1490. The first-order valence-corrected chi connectivity index (χ1v) is 13.1. The van der Waals surface area contributed by atoms with Gasteiger partial charge >= 0.3 is 12.0 Å². The molecule has 3 aromatic rings. The molecular formula is C24H25ClN4O7S. The molecule has 0 saturated heterocycles. The van der Waals surface area contributed by atoms with Crippen molar-refractivity contribution in [2.24, 2.45) is 5.73 Å². The van der Waals surface area contributed by atoms with Crippen molar-refractivity contribution in [2.75, 3.05) is 11.6 Å². The highest BCUT2D eigenvalue weighted by molar-refractivity contribution is 7.90. The van der Waals surface area contributed by atoms with Crippen molar-refractivity contribution in [3.8, 4) is 5.75 Å². The topological polar surface area (TPSA) is 181 Å². The second-order valence-corrected chi connectivity index (χ2v) is 10.7. The van der Waals surface area contributed by atoms with Gasteiger partial charge < -0.3 is 31.1 Å². The van der Waals surface area contributed by atoms with E-state index in [1.165, 1.54) is 30.5 Å². The number of carboxylic acids is 1. The molecule has 2 aromatic carbocycles. The van der Waals surface area contributed by atoms with Crippen LogP contribution < -0.4 is 21.9 Å². The summed E-state index contributed by atoms with van der Waals surface area (Å²) >= 11 is 6.19. The summed E-state index contributed by atoms with van der Waals surface area (Å²) in [6, 6.07) is 10.1. The first kappa shape index (κ1) is 27.7. The standard InChI is InChI=1S/C24H25ClN4O7S/c1-37(35,36)17-6-7-18(25)16(10-17)13-29-9-8-20(30)22(23(29)33)28-24(34)27-19(11-21(31)32)15-4-2-14(12-26)3-5-15/h2-10,19,30H,11-13,26H2,1H3,(H,31,32)(H2,27,28,34)/t19-/m0/s1. The summed E-state index contributed by atoms with van der Waals surface area (Å²) in [7, 11) is -3.52. The van der Waals surface area contributed by atoms with Crippen LogP contribution in [0.5, 0.6) is 5.75 Å². The van der Waals surface area contributed by atoms with Gasteiger partial charge in [0.1, 0.15) is 5.75 Å². The number of hydrogen-bond acceptors (Lipinski definition) is 7. The summed E-state index contributed by atoms with van der Waals surface area (Å²) in [4.78, 5) is 37.1. The molecule has 37 heavy (non-hydrogen) atoms. The first-order chi connectivity index (χ1) is 17.4. The van der Waals surface area contributed by atoms with Crippen molar-refractivity contribution in [3.05, 3.63) is 86.8 Å². The van der Waals surface area contributed by atoms with Crippen LogP contribution in [-0.2, 0) is 27.7 Å². The maximum absolute atomic E-state index is 13.0. The summed E-state index contributed by atoms with van der Waals surface area (Å²) in [5.74, 6) is -1.68. The number of anilines is 1. The number of nitrogens with zero attached hydrogens (tertiary/aromatic N) is 1. The molecule has 0 aliphatic heterocycles. The third kappa shape index (κ3) is 7.09. The highest BCUT2D eigenvalue weighted by Crippen LogP contribution is 2.23. The lowest BCUT2D eigenvalue weighted by Gasteiger charge is -2.19. The van der Waals surface area contributed by atoms with Crippen LogP contribution in [0.3, 0.4) is 0 Å². The van der Waals surface area contributed by atoms with Gasteiger partial charge in [0.25, 0.3) is 5.56 Å². The Labute approximate surface area is 217 Å². The van der Waals surface area contributed by atoms with Crippen LogP contribution in [0.1, 0.15) is 29.2 Å². The highest BCUT2D eigenvalue weighted by Gasteiger charge is 2.21. The number of aromatic hydroxyl groups is 1. The van der Waals surface area contributed by atoms with Gasteiger partial charge in [0, 0.05) is 24.0 Å². The number of nitrogens with two attached hydrogens (primary N) is 1. The lowest BCUT2D eigenvalue weighted by atomic mass is 10.0. The smallest absolute Gasteiger partial charge is 0.319 e. The summed E-state index contributed by atoms with van der Waals surface area (Å²) in [6.45, 7) is 0.147. The fourth-order valence-corrected chi connectivity index (χ4v) is 4.36. The monoisotopic (exact) mass is 548 g/mol. The van der Waals surface area contributed by atoms with Crippen LogP contribution in [0.2, 0.25) is 5.02 Å². The maximum Gasteiger partial charge on any atom is 0.319 e. The number of benzene rings is 2. The van der Waals surface area contributed by atoms with E-state index in [-0.39, 0.29) is 16.5 Å². The SMILES string of the molecule is CS(=O)(=O)c1ccc(Cl)c(Cn2ccc(O)c(NC(=O)N[C@@H](CC(=O)O)c3ccc(CN)cc3)c2=O)c1. The lowest BCUT2D eigenvalue weighted by molar-refractivity contribution is -0.137. The fourth-order valence-electron chi connectivity index (χ4n) is 3.51. The Morgan fingerprint density at radius 1 is 1.14 bits per heavy atom. The summed E-state index contributed by atoms with van der Waals surface area (Å²) in [5, 5.41) is 24.5. The molecule has 0 spiro atoms. The van der Waals surface area contributed by atoms with Gasteiger partial charge in [-0.3, -0.25) is 9.59 Å². The third-order valence-electron chi connectivity index (χ3n) is 5.47. The molecule has 3 rings (SSSR count). The maximum atomic E-state index is 13.0. The molecule has 0 aliphatic rings. The Morgan fingerprint density at radius 2 is 1.81 bits per heavy atom. The molecule has 0 bridgehead atoms. The van der Waals surface area contributed by atoms with Crippen LogP contribution in [0, 0.1) is 0 Å². The number of carbonyl (C=O) groups is 2. The number of nitrogens with one attached hydrogen (secondary N) is 2. The van der Waals surface area contributed by atoms with Gasteiger partial charge in [-0.1, -0.05) is 35.9 Å². The zero-order valence-corrected chi connectivity index (χ0v) is 21.2. The van der Waals surface area contributed by atoms with Crippen LogP contribution in [0.4, 0.5) is 10.5 Å². The number of aliphatic carboxylic acids is 1. The molecule has 13 heteroatoms. The van der Waals surface area contributed by atoms with E-state index in [0.29, 0.717) is 17.7 Å². The van der Waals surface area contributed by atoms with E-state index in [2.05, 4.69) is 10.6 Å². The van der Waals surface area contributed by atoms with Gasteiger partial charge in [0.15, 0.2) is 15.5 Å². The number of halogens is 1. The van der Waals surface area contributed by atoms with Crippen molar-refractivity contribution in [2.45, 2.75) is 30.4 Å². The summed E-state index contributed by atoms with van der Waals surface area (Å²) in [6.07, 6.45) is 1.86. The van der Waals surface area contributed by atoms with Crippen LogP contribution >= 0.6 is 11.6 Å². The molecular weight excluding hydrogens is 524 g/mol. The predicted molar refractivity (Wildman–Crippen MR) is 138 cm³/mol. The zero-order valence-electron chi connectivity index (χ0n) is 19.6. The lowest BCUT2D eigenvalue weighted by Crippen LogP contribution is -2.36. The first-order valence-electron chi connectivity index (χ1n) is 10.9. The highest BCUT2D eigenvalue weighted by atomic mass is 35.5. The number of amides is 2. The molecule has 196 valence electrons. The van der Waals surface area contributed by atoms with Crippen molar-refractivity contribution >= 4 is 39.1 Å². The third-order valence-corrected chi connectivity index (χ3v) is 6.95. The van der Waals surface area contributed by atoms with Crippen LogP contribution in [0.25, 0.3) is 0 Å². The molecule has 11 nitrogen and oxygen atoms in total. The van der Waals surface area contributed by atoms with Crippen molar-refractivity contribution < 1.29 is 28.2 Å². The number of carbonyl (C=O) groups excluding carboxylic acids is 1. The second kappa shape index (κ2) is 11.5. The van der Waals surface area contributed by atoms with Gasteiger partial charge in [0.2, 0.25) is 0 Å². The fraction of sp³-hybridized carbons (Fsp3) is 0.208. The Balaban J connectivity index is 1.85. The van der Waals surface area contributed by atoms with Gasteiger partial charge in [-0.25, -0.2) is 13.2 Å². The minimum absolute atomic E-state index is 0.0143. The van der Waals surface area contributed by atoms with E-state index in [9.17, 15) is 33.0 Å². The Hall–Kier alpha value is -3.87. The van der Waals surface area contributed by atoms with E-state index in [4.69, 9.17) is 17.3 Å². The number of urea groups is 1. The van der Waals surface area contributed by atoms with Gasteiger partial charge in [-0.15, -0.1) is 0 Å². The minimum atomic E-state index is -3.52. The number of aromatic nitrogens is 1. The van der Waals surface area contributed by atoms with Gasteiger partial charge in [-0.2, -0.15) is 0 Å². The van der Waals surface area contributed by atoms with E-state index in [1.807, 2.05) is 0 Å². The zero-order chi connectivity index (χ0) is 27.3. The molecule has 6 N–H and O–H groups in total. The molecule has 0 unspecified atom stereocenters. The van der Waals surface area contributed by atoms with Crippen LogP contribution in [0.15, 0.2) is 64.4 Å². The number of hydrogen-bond donors (Lipinski definition) is 5. The molecule has 0 aliphatic carbocycles. The average molecular weight is 549 g/mol. The number of carboxylic acid groups (broad SMARTS) is 1. The molecule has 1 atom stereocenters. The van der Waals surface area contributed by atoms with Crippen molar-refractivity contribution in [1.82, 2.24) is 9.88 Å². The molecule has 2 amide bonds. The van der Waals surface area contributed by atoms with E-state index in [1.54, 1.807) is 24.3 Å². The minimum Gasteiger partial charge on any atom is -0.505 e. The largest absolute Gasteiger partial charge is 0.505 e. The molecule has 1 heterocycles. The normalized spacial score (nSPS) is 12.1. The second-order valence-electron chi connectivity index (χ2n) is 8.23. The molecule has 1 aromatic heterocycles. The van der Waals surface area contributed by atoms with Gasteiger partial charge in [-0.05, 0) is 41.0 Å². The average Bonchev–Trinajstić information content (AvgIpc) is 2.83. The van der Waals surface area contributed by atoms with E-state index < -0.39 is 51.3 Å². The molecule has 0 fully saturated rings. The van der Waals surface area contributed by atoms with Crippen LogP contribution in [-0.4, -0.2) is 41.5 Å². The Morgan fingerprint density at radius 3 is 2.41 bits per heavy atom.